The number of anilines is 1. The lowest BCUT2D eigenvalue weighted by atomic mass is 10.2. The Morgan fingerprint density at radius 2 is 1.96 bits per heavy atom. The summed E-state index contributed by atoms with van der Waals surface area (Å²) in [5.74, 6) is -1.39. The molecule has 1 heterocycles. The van der Waals surface area contributed by atoms with Crippen LogP contribution in [0.4, 0.5) is 10.1 Å². The van der Waals surface area contributed by atoms with Gasteiger partial charge in [0, 0.05) is 5.56 Å². The first-order valence-electron chi connectivity index (χ1n) is 5.90. The molecule has 23 heavy (non-hydrogen) atoms. The zero-order valence-electron chi connectivity index (χ0n) is 11.1. The van der Waals surface area contributed by atoms with Crippen molar-refractivity contribution in [1.82, 2.24) is 10.4 Å². The number of halogens is 5. The fourth-order valence-corrected chi connectivity index (χ4v) is 2.33. The van der Waals surface area contributed by atoms with Crippen LogP contribution in [0.2, 0.25) is 20.2 Å². The van der Waals surface area contributed by atoms with Gasteiger partial charge in [0.2, 0.25) is 0 Å². The average Bonchev–Trinajstić information content (AvgIpc) is 2.51. The Morgan fingerprint density at radius 3 is 2.61 bits per heavy atom. The SMILES string of the molecule is Nc1c(Cl)c(Cl)nc(C(=O)NN=Cc2c(F)cccc2Cl)c1Cl. The normalized spacial score (nSPS) is 11.0. The zero-order chi connectivity index (χ0) is 17.1. The number of carbonyl (C=O) groups is 1. The second-order valence-electron chi connectivity index (χ2n) is 4.13. The molecule has 0 spiro atoms. The number of carbonyl (C=O) groups excluding carboxylic acids is 1. The van der Waals surface area contributed by atoms with Crippen LogP contribution < -0.4 is 11.2 Å². The average molecular weight is 396 g/mol. The van der Waals surface area contributed by atoms with Crippen LogP contribution in [-0.2, 0) is 0 Å². The molecule has 0 radical (unpaired) electrons. The first-order valence-corrected chi connectivity index (χ1v) is 7.41. The van der Waals surface area contributed by atoms with E-state index in [-0.39, 0.29) is 37.2 Å². The van der Waals surface area contributed by atoms with Crippen molar-refractivity contribution in [2.24, 2.45) is 5.10 Å². The van der Waals surface area contributed by atoms with Crippen LogP contribution >= 0.6 is 46.4 Å². The number of amides is 1. The second kappa shape index (κ2) is 7.31. The monoisotopic (exact) mass is 394 g/mol. The quantitative estimate of drug-likeness (QED) is 0.464. The number of hydrogen-bond donors (Lipinski definition) is 2. The fraction of sp³-hybridized carbons (Fsp3) is 0. The minimum Gasteiger partial charge on any atom is -0.396 e. The van der Waals surface area contributed by atoms with Crippen molar-refractivity contribution in [3.05, 3.63) is 55.5 Å². The van der Waals surface area contributed by atoms with Gasteiger partial charge in [-0.25, -0.2) is 14.8 Å². The maximum absolute atomic E-state index is 13.5. The minimum atomic E-state index is -0.802. The number of rotatable bonds is 3. The summed E-state index contributed by atoms with van der Waals surface area (Å²) in [5.41, 5.74) is 7.39. The van der Waals surface area contributed by atoms with Crippen molar-refractivity contribution in [3.63, 3.8) is 0 Å². The minimum absolute atomic E-state index is 0.0159. The van der Waals surface area contributed by atoms with Gasteiger partial charge in [0.1, 0.15) is 10.8 Å². The fourth-order valence-electron chi connectivity index (χ4n) is 1.52. The molecule has 1 aromatic carbocycles. The van der Waals surface area contributed by atoms with Crippen molar-refractivity contribution in [3.8, 4) is 0 Å². The third-order valence-corrected chi connectivity index (χ3v) is 4.11. The molecule has 0 unspecified atom stereocenters. The van der Waals surface area contributed by atoms with E-state index in [4.69, 9.17) is 52.1 Å². The standard InChI is InChI=1S/C13H7Cl4FN4O/c14-6-2-1-3-7(18)5(6)4-20-22-13(23)11-8(15)10(19)9(16)12(17)21-11/h1-4H,(H2,19,21)(H,22,23). The molecule has 2 rings (SSSR count). The van der Waals surface area contributed by atoms with Gasteiger partial charge in [0.05, 0.1) is 21.9 Å². The molecular formula is C13H7Cl4FN4O. The van der Waals surface area contributed by atoms with E-state index in [0.29, 0.717) is 0 Å². The Kier molecular flexibility index (Phi) is 5.64. The lowest BCUT2D eigenvalue weighted by Crippen LogP contribution is -2.20. The van der Waals surface area contributed by atoms with Gasteiger partial charge in [-0.1, -0.05) is 52.5 Å². The van der Waals surface area contributed by atoms with Crippen LogP contribution in [0.1, 0.15) is 16.1 Å². The first-order chi connectivity index (χ1) is 10.8. The number of nitrogens with one attached hydrogen (secondary N) is 1. The molecule has 0 fully saturated rings. The predicted molar refractivity (Wildman–Crippen MR) is 90.1 cm³/mol. The van der Waals surface area contributed by atoms with Gasteiger partial charge in [-0.15, -0.1) is 0 Å². The van der Waals surface area contributed by atoms with E-state index in [9.17, 15) is 9.18 Å². The highest BCUT2D eigenvalue weighted by Gasteiger charge is 2.19. The third-order valence-electron chi connectivity index (χ3n) is 2.65. The van der Waals surface area contributed by atoms with Crippen molar-refractivity contribution in [2.45, 2.75) is 0 Å². The van der Waals surface area contributed by atoms with Crippen molar-refractivity contribution < 1.29 is 9.18 Å². The molecule has 0 aliphatic carbocycles. The molecule has 0 saturated carbocycles. The van der Waals surface area contributed by atoms with Gasteiger partial charge in [0.25, 0.3) is 5.91 Å². The van der Waals surface area contributed by atoms with E-state index in [2.05, 4.69) is 15.5 Å². The number of nitrogens with two attached hydrogens (primary N) is 1. The molecular weight excluding hydrogens is 389 g/mol. The molecule has 0 atom stereocenters. The van der Waals surface area contributed by atoms with Crippen molar-refractivity contribution >= 4 is 64.2 Å². The lowest BCUT2D eigenvalue weighted by Gasteiger charge is -2.07. The Bertz CT molecular complexity index is 793. The Hall–Kier alpha value is -1.60. The molecule has 0 bridgehead atoms. The summed E-state index contributed by atoms with van der Waals surface area (Å²) < 4.78 is 13.5. The molecule has 3 N–H and O–H groups in total. The summed E-state index contributed by atoms with van der Waals surface area (Å²) in [6, 6.07) is 4.12. The summed E-state index contributed by atoms with van der Waals surface area (Å²) in [6.45, 7) is 0. The largest absolute Gasteiger partial charge is 0.396 e. The van der Waals surface area contributed by atoms with Crippen LogP contribution in [0, 0.1) is 5.82 Å². The number of pyridine rings is 1. The first kappa shape index (κ1) is 17.7. The molecule has 1 aromatic heterocycles. The van der Waals surface area contributed by atoms with E-state index in [1.807, 2.05) is 0 Å². The number of nitrogen functional groups attached to an aromatic ring is 1. The van der Waals surface area contributed by atoms with E-state index >= 15 is 0 Å². The zero-order valence-corrected chi connectivity index (χ0v) is 14.1. The smallest absolute Gasteiger partial charge is 0.291 e. The molecule has 1 amide bonds. The number of hydrogen-bond acceptors (Lipinski definition) is 4. The highest BCUT2D eigenvalue weighted by Crippen LogP contribution is 2.34. The summed E-state index contributed by atoms with van der Waals surface area (Å²) in [5, 5.41) is 3.32. The van der Waals surface area contributed by atoms with E-state index in [0.717, 1.165) is 6.21 Å². The highest BCUT2D eigenvalue weighted by atomic mass is 35.5. The van der Waals surface area contributed by atoms with Crippen LogP contribution in [0.5, 0.6) is 0 Å². The van der Waals surface area contributed by atoms with Crippen LogP contribution in [0.25, 0.3) is 0 Å². The Labute approximate surface area is 150 Å². The third kappa shape index (κ3) is 3.84. The van der Waals surface area contributed by atoms with Crippen LogP contribution in [0.15, 0.2) is 23.3 Å². The maximum atomic E-state index is 13.5. The van der Waals surface area contributed by atoms with Gasteiger partial charge in [0.15, 0.2) is 10.8 Å². The molecule has 10 heteroatoms. The maximum Gasteiger partial charge on any atom is 0.291 e. The number of hydrazone groups is 1. The summed E-state index contributed by atoms with van der Waals surface area (Å²) in [7, 11) is 0. The molecule has 120 valence electrons. The van der Waals surface area contributed by atoms with Gasteiger partial charge >= 0.3 is 0 Å². The van der Waals surface area contributed by atoms with Gasteiger partial charge in [-0.3, -0.25) is 4.79 Å². The summed E-state index contributed by atoms with van der Waals surface area (Å²) in [4.78, 5) is 15.7. The molecule has 0 saturated heterocycles. The van der Waals surface area contributed by atoms with E-state index in [1.54, 1.807) is 0 Å². The number of nitrogens with zero attached hydrogens (tertiary/aromatic N) is 2. The van der Waals surface area contributed by atoms with Crippen molar-refractivity contribution in [2.75, 3.05) is 5.73 Å². The van der Waals surface area contributed by atoms with Crippen molar-refractivity contribution in [1.29, 1.82) is 0 Å². The summed E-state index contributed by atoms with van der Waals surface area (Å²) >= 11 is 23.2. The van der Waals surface area contributed by atoms with Gasteiger partial charge in [-0.2, -0.15) is 5.10 Å². The molecule has 5 nitrogen and oxygen atoms in total. The molecule has 0 aliphatic rings. The highest BCUT2D eigenvalue weighted by molar-refractivity contribution is 6.46. The number of aromatic nitrogens is 1. The summed E-state index contributed by atoms with van der Waals surface area (Å²) in [6.07, 6.45) is 1.05. The predicted octanol–water partition coefficient (Wildman–Crippen LogP) is 4.18. The Balaban J connectivity index is 2.22. The molecule has 0 aliphatic heterocycles. The topological polar surface area (TPSA) is 80.4 Å². The van der Waals surface area contributed by atoms with E-state index in [1.165, 1.54) is 18.2 Å². The van der Waals surface area contributed by atoms with Gasteiger partial charge < -0.3 is 5.73 Å². The Morgan fingerprint density at radius 1 is 1.26 bits per heavy atom. The molecule has 2 aromatic rings. The van der Waals surface area contributed by atoms with Crippen LogP contribution in [-0.4, -0.2) is 17.1 Å². The van der Waals surface area contributed by atoms with Crippen LogP contribution in [0.3, 0.4) is 0 Å². The van der Waals surface area contributed by atoms with E-state index < -0.39 is 11.7 Å². The van der Waals surface area contributed by atoms with Gasteiger partial charge in [-0.05, 0) is 12.1 Å². The number of benzene rings is 1. The second-order valence-corrected chi connectivity index (χ2v) is 5.65. The lowest BCUT2D eigenvalue weighted by molar-refractivity contribution is 0.0950.